The fourth-order valence-corrected chi connectivity index (χ4v) is 1.85. The van der Waals surface area contributed by atoms with Crippen LogP contribution in [0.25, 0.3) is 0 Å². The third kappa shape index (κ3) is 3.19. The maximum absolute atomic E-state index is 12.0. The number of hydrogen-bond acceptors (Lipinski definition) is 4. The molecule has 5 heteroatoms. The molecule has 0 aliphatic carbocycles. The number of nitrogens with two attached hydrogens (primary N) is 1. The molecular formula is C15H18N2O3. The monoisotopic (exact) mass is 274 g/mol. The molecule has 2 aromatic rings. The summed E-state index contributed by atoms with van der Waals surface area (Å²) in [5.74, 6) is 1.39. The van der Waals surface area contributed by atoms with E-state index in [1.807, 2.05) is 31.2 Å². The molecule has 3 N–H and O–H groups in total. The summed E-state index contributed by atoms with van der Waals surface area (Å²) in [6.45, 7) is 2.19. The van der Waals surface area contributed by atoms with Crippen LogP contribution in [0.1, 0.15) is 34.8 Å². The Kier molecular flexibility index (Phi) is 4.42. The third-order valence-corrected chi connectivity index (χ3v) is 3.05. The molecule has 0 spiro atoms. The van der Waals surface area contributed by atoms with Gasteiger partial charge in [-0.05, 0) is 36.8 Å². The lowest BCUT2D eigenvalue weighted by Crippen LogP contribution is -2.26. The van der Waals surface area contributed by atoms with E-state index in [2.05, 4.69) is 5.32 Å². The number of carbonyl (C=O) groups is 1. The van der Waals surface area contributed by atoms with Crippen LogP contribution in [0.4, 0.5) is 0 Å². The predicted molar refractivity (Wildman–Crippen MR) is 75.5 cm³/mol. The second kappa shape index (κ2) is 6.25. The molecule has 0 aliphatic heterocycles. The highest BCUT2D eigenvalue weighted by Gasteiger charge is 2.14. The molecule has 1 aromatic carbocycles. The maximum Gasteiger partial charge on any atom is 0.287 e. The van der Waals surface area contributed by atoms with Crippen molar-refractivity contribution in [3.05, 3.63) is 53.5 Å². The van der Waals surface area contributed by atoms with Crippen LogP contribution in [-0.4, -0.2) is 13.0 Å². The van der Waals surface area contributed by atoms with Crippen molar-refractivity contribution in [3.8, 4) is 5.75 Å². The number of rotatable bonds is 5. The molecule has 20 heavy (non-hydrogen) atoms. The van der Waals surface area contributed by atoms with Crippen molar-refractivity contribution in [2.75, 3.05) is 7.11 Å². The summed E-state index contributed by atoms with van der Waals surface area (Å²) in [4.78, 5) is 12.0. The average Bonchev–Trinajstić information content (AvgIpc) is 2.96. The number of benzene rings is 1. The Hall–Kier alpha value is -2.27. The normalized spacial score (nSPS) is 11.9. The van der Waals surface area contributed by atoms with Crippen molar-refractivity contribution >= 4 is 5.91 Å². The predicted octanol–water partition coefficient (Wildman–Crippen LogP) is 2.24. The number of hydrogen-bond donors (Lipinski definition) is 2. The number of nitrogens with one attached hydrogen (secondary N) is 1. The van der Waals surface area contributed by atoms with Crippen molar-refractivity contribution in [1.82, 2.24) is 5.32 Å². The smallest absolute Gasteiger partial charge is 0.287 e. The zero-order valence-electron chi connectivity index (χ0n) is 11.6. The number of ether oxygens (including phenoxy) is 1. The van der Waals surface area contributed by atoms with E-state index in [1.165, 1.54) is 0 Å². The molecule has 1 atom stereocenters. The topological polar surface area (TPSA) is 77.5 Å². The molecule has 1 heterocycles. The van der Waals surface area contributed by atoms with E-state index in [0.29, 0.717) is 5.76 Å². The molecule has 106 valence electrons. The molecule has 2 rings (SSSR count). The average molecular weight is 274 g/mol. The summed E-state index contributed by atoms with van der Waals surface area (Å²) < 4.78 is 10.4. The molecule has 0 aliphatic rings. The summed E-state index contributed by atoms with van der Waals surface area (Å²) in [6, 6.07) is 10.7. The lowest BCUT2D eigenvalue weighted by molar-refractivity contribution is 0.0910. The molecule has 0 radical (unpaired) electrons. The van der Waals surface area contributed by atoms with E-state index in [4.69, 9.17) is 14.9 Å². The van der Waals surface area contributed by atoms with Gasteiger partial charge >= 0.3 is 0 Å². The van der Waals surface area contributed by atoms with Crippen LogP contribution >= 0.6 is 0 Å². The van der Waals surface area contributed by atoms with Gasteiger partial charge in [0.1, 0.15) is 11.5 Å². The number of furan rings is 1. The lowest BCUT2D eigenvalue weighted by Gasteiger charge is -2.13. The molecule has 0 bridgehead atoms. The van der Waals surface area contributed by atoms with Crippen LogP contribution in [0.2, 0.25) is 0 Å². The van der Waals surface area contributed by atoms with E-state index < -0.39 is 0 Å². The van der Waals surface area contributed by atoms with Gasteiger partial charge in [-0.3, -0.25) is 4.79 Å². The van der Waals surface area contributed by atoms with Crippen LogP contribution in [-0.2, 0) is 6.54 Å². The van der Waals surface area contributed by atoms with Crippen molar-refractivity contribution < 1.29 is 13.9 Å². The Morgan fingerprint density at radius 1 is 1.30 bits per heavy atom. The number of carbonyl (C=O) groups excluding carboxylic acids is 1. The fourth-order valence-electron chi connectivity index (χ4n) is 1.85. The van der Waals surface area contributed by atoms with Gasteiger partial charge in [0.15, 0.2) is 5.76 Å². The Balaban J connectivity index is 2.02. The Labute approximate surface area is 117 Å². The second-order valence-electron chi connectivity index (χ2n) is 4.44. The van der Waals surface area contributed by atoms with Gasteiger partial charge in [-0.2, -0.15) is 0 Å². The van der Waals surface area contributed by atoms with E-state index in [9.17, 15) is 4.79 Å². The van der Waals surface area contributed by atoms with E-state index in [-0.39, 0.29) is 24.3 Å². The SMILES string of the molecule is COc1ccc(C(C)NC(=O)c2ccc(CN)o2)cc1. The quantitative estimate of drug-likeness (QED) is 0.876. The first-order chi connectivity index (χ1) is 9.63. The highest BCUT2D eigenvalue weighted by Crippen LogP contribution is 2.18. The highest BCUT2D eigenvalue weighted by molar-refractivity contribution is 5.91. The zero-order chi connectivity index (χ0) is 14.5. The highest BCUT2D eigenvalue weighted by atomic mass is 16.5. The molecule has 0 fully saturated rings. The Bertz CT molecular complexity index is 575. The summed E-state index contributed by atoms with van der Waals surface area (Å²) >= 11 is 0. The first-order valence-electron chi connectivity index (χ1n) is 6.37. The molecule has 0 saturated carbocycles. The summed E-state index contributed by atoms with van der Waals surface area (Å²) in [6.07, 6.45) is 0. The molecular weight excluding hydrogens is 256 g/mol. The van der Waals surface area contributed by atoms with Crippen molar-refractivity contribution in [2.45, 2.75) is 19.5 Å². The minimum absolute atomic E-state index is 0.125. The molecule has 1 aromatic heterocycles. The van der Waals surface area contributed by atoms with Crippen LogP contribution in [0.5, 0.6) is 5.75 Å². The van der Waals surface area contributed by atoms with Gasteiger partial charge in [0.05, 0.1) is 19.7 Å². The van der Waals surface area contributed by atoms with Gasteiger partial charge in [0.25, 0.3) is 5.91 Å². The fraction of sp³-hybridized carbons (Fsp3) is 0.267. The molecule has 1 unspecified atom stereocenters. The van der Waals surface area contributed by atoms with Gasteiger partial charge in [-0.25, -0.2) is 0 Å². The third-order valence-electron chi connectivity index (χ3n) is 3.05. The number of methoxy groups -OCH3 is 1. The van der Waals surface area contributed by atoms with Gasteiger partial charge in [0, 0.05) is 0 Å². The minimum Gasteiger partial charge on any atom is -0.497 e. The van der Waals surface area contributed by atoms with Crippen LogP contribution in [0.3, 0.4) is 0 Å². The largest absolute Gasteiger partial charge is 0.497 e. The minimum atomic E-state index is -0.256. The Morgan fingerprint density at radius 3 is 2.55 bits per heavy atom. The molecule has 0 saturated heterocycles. The van der Waals surface area contributed by atoms with E-state index in [0.717, 1.165) is 11.3 Å². The zero-order valence-corrected chi connectivity index (χ0v) is 11.6. The first-order valence-corrected chi connectivity index (χ1v) is 6.37. The summed E-state index contributed by atoms with van der Waals surface area (Å²) in [5, 5.41) is 2.87. The number of amides is 1. The van der Waals surface area contributed by atoms with Gasteiger partial charge in [0.2, 0.25) is 0 Å². The Morgan fingerprint density at radius 2 is 2.00 bits per heavy atom. The summed E-state index contributed by atoms with van der Waals surface area (Å²) in [5.41, 5.74) is 6.44. The first kappa shape index (κ1) is 14.1. The van der Waals surface area contributed by atoms with Gasteiger partial charge in [-0.15, -0.1) is 0 Å². The van der Waals surface area contributed by atoms with Gasteiger partial charge < -0.3 is 20.2 Å². The van der Waals surface area contributed by atoms with Crippen LogP contribution in [0.15, 0.2) is 40.8 Å². The van der Waals surface area contributed by atoms with E-state index >= 15 is 0 Å². The maximum atomic E-state index is 12.0. The van der Waals surface area contributed by atoms with E-state index in [1.54, 1.807) is 19.2 Å². The molecule has 1 amide bonds. The second-order valence-corrected chi connectivity index (χ2v) is 4.44. The standard InChI is InChI=1S/C15H18N2O3/c1-10(11-3-5-12(19-2)6-4-11)17-15(18)14-8-7-13(9-16)20-14/h3-8,10H,9,16H2,1-2H3,(H,17,18). The van der Waals surface area contributed by atoms with Gasteiger partial charge in [-0.1, -0.05) is 12.1 Å². The van der Waals surface area contributed by atoms with Crippen LogP contribution in [0, 0.1) is 0 Å². The van der Waals surface area contributed by atoms with Crippen LogP contribution < -0.4 is 15.8 Å². The van der Waals surface area contributed by atoms with Crippen molar-refractivity contribution in [2.24, 2.45) is 5.73 Å². The lowest BCUT2D eigenvalue weighted by atomic mass is 10.1. The van der Waals surface area contributed by atoms with Crippen molar-refractivity contribution in [1.29, 1.82) is 0 Å². The molecule has 5 nitrogen and oxygen atoms in total. The summed E-state index contributed by atoms with van der Waals surface area (Å²) in [7, 11) is 1.62. The van der Waals surface area contributed by atoms with Crippen molar-refractivity contribution in [3.63, 3.8) is 0 Å².